The Morgan fingerprint density at radius 3 is 2.65 bits per heavy atom. The number of halogens is 1. The van der Waals surface area contributed by atoms with Crippen LogP contribution in [0.3, 0.4) is 0 Å². The summed E-state index contributed by atoms with van der Waals surface area (Å²) in [7, 11) is 0. The second kappa shape index (κ2) is 6.85. The number of nitrogens with one attached hydrogen (secondary N) is 1. The van der Waals surface area contributed by atoms with Crippen LogP contribution >= 0.6 is 23.7 Å². The smallest absolute Gasteiger partial charge is 0.142 e. The van der Waals surface area contributed by atoms with Crippen molar-refractivity contribution in [2.45, 2.75) is 39.0 Å². The van der Waals surface area contributed by atoms with E-state index in [-0.39, 0.29) is 12.4 Å². The first kappa shape index (κ1) is 16.2. The van der Waals surface area contributed by atoms with Crippen LogP contribution in [0.5, 0.6) is 0 Å². The van der Waals surface area contributed by atoms with Gasteiger partial charge in [0.2, 0.25) is 0 Å². The molecule has 0 aliphatic heterocycles. The van der Waals surface area contributed by atoms with Crippen LogP contribution < -0.4 is 5.32 Å². The lowest BCUT2D eigenvalue weighted by molar-refractivity contribution is 0.700. The van der Waals surface area contributed by atoms with Crippen LogP contribution in [-0.2, 0) is 19.3 Å². The van der Waals surface area contributed by atoms with Crippen molar-refractivity contribution in [2.24, 2.45) is 0 Å². The first-order chi connectivity index (χ1) is 10.8. The third-order valence-electron chi connectivity index (χ3n) is 4.38. The molecule has 0 radical (unpaired) electrons. The number of aromatic nitrogens is 2. The number of hydrogen-bond donors (Lipinski definition) is 1. The van der Waals surface area contributed by atoms with Crippen molar-refractivity contribution in [3.05, 3.63) is 46.6 Å². The van der Waals surface area contributed by atoms with E-state index >= 15 is 0 Å². The predicted octanol–water partition coefficient (Wildman–Crippen LogP) is 5.30. The molecule has 3 nitrogen and oxygen atoms in total. The fraction of sp³-hybridized carbons (Fsp3) is 0.333. The van der Waals surface area contributed by atoms with Gasteiger partial charge in [0.15, 0.2) is 0 Å². The van der Waals surface area contributed by atoms with Gasteiger partial charge in [-0.25, -0.2) is 9.97 Å². The first-order valence-electron chi connectivity index (χ1n) is 7.96. The molecule has 1 N–H and O–H groups in total. The lowest BCUT2D eigenvalue weighted by Crippen LogP contribution is -2.01. The summed E-state index contributed by atoms with van der Waals surface area (Å²) in [6.45, 7) is 2.17. The summed E-state index contributed by atoms with van der Waals surface area (Å²) in [6.07, 6.45) is 7.67. The molecule has 0 bridgehead atoms. The molecule has 5 heteroatoms. The summed E-state index contributed by atoms with van der Waals surface area (Å²) < 4.78 is 0. The number of nitrogens with zero attached hydrogens (tertiary/aromatic N) is 2. The Bertz CT molecular complexity index is 811. The Hall–Kier alpha value is -1.65. The van der Waals surface area contributed by atoms with Gasteiger partial charge in [-0.3, -0.25) is 0 Å². The molecular formula is C18H20ClN3S. The van der Waals surface area contributed by atoms with Gasteiger partial charge in [-0.05, 0) is 55.4 Å². The van der Waals surface area contributed by atoms with Crippen LogP contribution in [0, 0.1) is 0 Å². The quantitative estimate of drug-likeness (QED) is 0.700. The second-order valence-electron chi connectivity index (χ2n) is 5.79. The van der Waals surface area contributed by atoms with E-state index in [0.29, 0.717) is 0 Å². The Morgan fingerprint density at radius 1 is 1.09 bits per heavy atom. The Kier molecular flexibility index (Phi) is 4.83. The predicted molar refractivity (Wildman–Crippen MR) is 100 cm³/mol. The second-order valence-corrected chi connectivity index (χ2v) is 6.87. The minimum atomic E-state index is 0. The minimum absolute atomic E-state index is 0. The number of thiophene rings is 1. The Balaban J connectivity index is 0.00000156. The maximum atomic E-state index is 4.51. The van der Waals surface area contributed by atoms with Gasteiger partial charge in [-0.15, -0.1) is 23.7 Å². The van der Waals surface area contributed by atoms with E-state index in [1.165, 1.54) is 40.7 Å². The molecule has 1 aliphatic rings. The molecule has 1 aliphatic carbocycles. The van der Waals surface area contributed by atoms with Crippen LogP contribution in [0.4, 0.5) is 11.5 Å². The molecule has 23 heavy (non-hydrogen) atoms. The van der Waals surface area contributed by atoms with Gasteiger partial charge in [-0.1, -0.05) is 19.1 Å². The fourth-order valence-corrected chi connectivity index (χ4v) is 4.37. The number of fused-ring (bicyclic) bond motifs is 3. The fourth-order valence-electron chi connectivity index (χ4n) is 3.15. The van der Waals surface area contributed by atoms with Gasteiger partial charge >= 0.3 is 0 Å². The standard InChI is InChI=1S/C18H19N3S.ClH/c1-2-12-7-9-13(10-8-12)21-17-16-14-5-3-4-6-15(14)22-18(16)20-11-19-17;/h7-11H,2-6H2,1H3,(H,19,20,21);1H. The number of benzene rings is 1. The Labute approximate surface area is 146 Å². The zero-order valence-electron chi connectivity index (χ0n) is 13.1. The highest BCUT2D eigenvalue weighted by Gasteiger charge is 2.19. The van der Waals surface area contributed by atoms with E-state index in [0.717, 1.165) is 29.2 Å². The lowest BCUT2D eigenvalue weighted by Gasteiger charge is -2.12. The van der Waals surface area contributed by atoms with E-state index < -0.39 is 0 Å². The molecule has 4 rings (SSSR count). The highest BCUT2D eigenvalue weighted by molar-refractivity contribution is 7.19. The van der Waals surface area contributed by atoms with Crippen molar-refractivity contribution >= 4 is 45.5 Å². The maximum absolute atomic E-state index is 4.51. The average Bonchev–Trinajstić information content (AvgIpc) is 2.95. The summed E-state index contributed by atoms with van der Waals surface area (Å²) in [5.41, 5.74) is 3.92. The number of hydrogen-bond acceptors (Lipinski definition) is 4. The van der Waals surface area contributed by atoms with Crippen molar-refractivity contribution in [2.75, 3.05) is 5.32 Å². The molecule has 0 amide bonds. The van der Waals surface area contributed by atoms with Gasteiger partial charge in [0, 0.05) is 10.6 Å². The number of aryl methyl sites for hydroxylation is 3. The van der Waals surface area contributed by atoms with Crippen molar-refractivity contribution < 1.29 is 0 Å². The molecule has 0 fully saturated rings. The van der Waals surface area contributed by atoms with Crippen molar-refractivity contribution in [1.82, 2.24) is 9.97 Å². The maximum Gasteiger partial charge on any atom is 0.142 e. The molecule has 3 aromatic rings. The van der Waals surface area contributed by atoms with Crippen LogP contribution in [0.1, 0.15) is 35.8 Å². The van der Waals surface area contributed by atoms with E-state index in [1.807, 2.05) is 11.3 Å². The Morgan fingerprint density at radius 2 is 1.87 bits per heavy atom. The average molecular weight is 346 g/mol. The molecule has 0 unspecified atom stereocenters. The summed E-state index contributed by atoms with van der Waals surface area (Å²) in [5, 5.41) is 4.73. The highest BCUT2D eigenvalue weighted by atomic mass is 35.5. The van der Waals surface area contributed by atoms with E-state index in [4.69, 9.17) is 0 Å². The first-order valence-corrected chi connectivity index (χ1v) is 8.78. The zero-order valence-corrected chi connectivity index (χ0v) is 14.8. The normalized spacial score (nSPS) is 13.4. The topological polar surface area (TPSA) is 37.8 Å². The molecule has 120 valence electrons. The molecule has 1 aromatic carbocycles. The van der Waals surface area contributed by atoms with Gasteiger partial charge in [0.05, 0.1) is 5.39 Å². The summed E-state index contributed by atoms with van der Waals surface area (Å²) in [6, 6.07) is 8.60. The number of rotatable bonds is 3. The van der Waals surface area contributed by atoms with Crippen LogP contribution in [0.25, 0.3) is 10.2 Å². The van der Waals surface area contributed by atoms with Gasteiger partial charge in [-0.2, -0.15) is 0 Å². The zero-order chi connectivity index (χ0) is 14.9. The molecule has 0 saturated carbocycles. The molecule has 0 saturated heterocycles. The van der Waals surface area contributed by atoms with E-state index in [2.05, 4.69) is 46.5 Å². The monoisotopic (exact) mass is 345 g/mol. The molecule has 2 heterocycles. The lowest BCUT2D eigenvalue weighted by atomic mass is 9.97. The van der Waals surface area contributed by atoms with Crippen molar-refractivity contribution in [3.63, 3.8) is 0 Å². The minimum Gasteiger partial charge on any atom is -0.340 e. The molecule has 2 aromatic heterocycles. The molecular weight excluding hydrogens is 326 g/mol. The SMILES string of the molecule is CCc1ccc(Nc2ncnc3sc4c(c23)CCCC4)cc1.Cl. The van der Waals surface area contributed by atoms with Crippen LogP contribution in [0.15, 0.2) is 30.6 Å². The van der Waals surface area contributed by atoms with Crippen LogP contribution in [-0.4, -0.2) is 9.97 Å². The van der Waals surface area contributed by atoms with Crippen molar-refractivity contribution in [1.29, 1.82) is 0 Å². The highest BCUT2D eigenvalue weighted by Crippen LogP contribution is 2.38. The molecule has 0 spiro atoms. The summed E-state index contributed by atoms with van der Waals surface area (Å²) >= 11 is 1.84. The van der Waals surface area contributed by atoms with E-state index in [9.17, 15) is 0 Å². The summed E-state index contributed by atoms with van der Waals surface area (Å²) in [5.74, 6) is 0.952. The molecule has 0 atom stereocenters. The van der Waals surface area contributed by atoms with Crippen molar-refractivity contribution in [3.8, 4) is 0 Å². The largest absolute Gasteiger partial charge is 0.340 e. The van der Waals surface area contributed by atoms with Gasteiger partial charge in [0.1, 0.15) is 17.0 Å². The third-order valence-corrected chi connectivity index (χ3v) is 5.58. The number of anilines is 2. The van der Waals surface area contributed by atoms with Gasteiger partial charge in [0.25, 0.3) is 0 Å². The van der Waals surface area contributed by atoms with Crippen LogP contribution in [0.2, 0.25) is 0 Å². The van der Waals surface area contributed by atoms with Gasteiger partial charge < -0.3 is 5.32 Å². The van der Waals surface area contributed by atoms with E-state index in [1.54, 1.807) is 6.33 Å². The summed E-state index contributed by atoms with van der Waals surface area (Å²) in [4.78, 5) is 11.6. The third kappa shape index (κ3) is 3.06.